The van der Waals surface area contributed by atoms with E-state index in [-0.39, 0.29) is 18.1 Å². The van der Waals surface area contributed by atoms with Gasteiger partial charge in [-0.15, -0.1) is 0 Å². The fraction of sp³-hybridized carbons (Fsp3) is 0.784. The summed E-state index contributed by atoms with van der Waals surface area (Å²) in [6, 6.07) is 0. The van der Waals surface area contributed by atoms with Crippen molar-refractivity contribution in [3.05, 3.63) is 35.5 Å². The summed E-state index contributed by atoms with van der Waals surface area (Å²) in [7, 11) is 0. The molecule has 3 fully saturated rings. The van der Waals surface area contributed by atoms with Crippen LogP contribution in [0.15, 0.2) is 35.5 Å². The number of hydrogen-bond donors (Lipinski definition) is 0. The number of esters is 2. The second-order valence-corrected chi connectivity index (χ2v) is 15.2. The van der Waals surface area contributed by atoms with E-state index >= 15 is 0 Å². The molecule has 0 amide bonds. The molecule has 6 heteroatoms. The van der Waals surface area contributed by atoms with Crippen LogP contribution in [0.4, 0.5) is 0 Å². The lowest BCUT2D eigenvalue weighted by Crippen LogP contribution is -2.51. The summed E-state index contributed by atoms with van der Waals surface area (Å²) in [5, 5.41) is 0. The summed E-state index contributed by atoms with van der Waals surface area (Å²) >= 11 is 0. The summed E-state index contributed by atoms with van der Waals surface area (Å²) in [6.07, 6.45) is 19.4. The number of ether oxygens (including phenoxy) is 4. The zero-order chi connectivity index (χ0) is 30.9. The Morgan fingerprint density at radius 2 is 1.81 bits per heavy atom. The molecule has 1 heterocycles. The van der Waals surface area contributed by atoms with Crippen LogP contribution in [0.2, 0.25) is 0 Å². The van der Waals surface area contributed by atoms with Crippen molar-refractivity contribution >= 4 is 11.9 Å². The standard InChI is InChI=1S/C37H56O6/c1-23(2)9-8-10-24(3)30-13-14-31-29-12-11-27-21-28(17-19-36(27,6)32(29)18-20-37(30,31)7)42-35-16-15-33(41-26(5)39)34(43-35)22-40-25(4)38/h10-11,15-16,23,28-35H,8-9,12-14,17-22H2,1-7H3/b24-10+/t28-,29?,30?,31?,32?,33-,34+,35?,36-,37+/m0/s1. The number of rotatable bonds is 9. The molecule has 10 atom stereocenters. The first kappa shape index (κ1) is 32.5. The average Bonchev–Trinajstić information content (AvgIpc) is 3.30. The Balaban J connectivity index is 1.23. The first-order chi connectivity index (χ1) is 20.4. The zero-order valence-electron chi connectivity index (χ0n) is 27.7. The Hall–Kier alpha value is -1.92. The third-order valence-electron chi connectivity index (χ3n) is 12.0. The Kier molecular flexibility index (Phi) is 9.97. The van der Waals surface area contributed by atoms with Gasteiger partial charge >= 0.3 is 11.9 Å². The first-order valence-electron chi connectivity index (χ1n) is 17.1. The molecule has 0 aromatic carbocycles. The highest BCUT2D eigenvalue weighted by Crippen LogP contribution is 2.67. The van der Waals surface area contributed by atoms with Gasteiger partial charge in [0.2, 0.25) is 0 Å². The quantitative estimate of drug-likeness (QED) is 0.198. The third-order valence-corrected chi connectivity index (χ3v) is 12.0. The molecule has 240 valence electrons. The van der Waals surface area contributed by atoms with Gasteiger partial charge in [-0.05, 0) is 124 Å². The van der Waals surface area contributed by atoms with Gasteiger partial charge in [0, 0.05) is 13.8 Å². The molecule has 43 heavy (non-hydrogen) atoms. The summed E-state index contributed by atoms with van der Waals surface area (Å²) in [5.41, 5.74) is 3.94. The molecule has 5 rings (SSSR count). The van der Waals surface area contributed by atoms with Crippen molar-refractivity contribution in [1.82, 2.24) is 0 Å². The number of carbonyl (C=O) groups excluding carboxylic acids is 2. The van der Waals surface area contributed by atoms with Gasteiger partial charge < -0.3 is 18.9 Å². The topological polar surface area (TPSA) is 71.1 Å². The minimum absolute atomic E-state index is 0.0165. The van der Waals surface area contributed by atoms with Crippen LogP contribution in [-0.2, 0) is 28.5 Å². The average molecular weight is 597 g/mol. The Labute approximate surface area is 260 Å². The SMILES string of the molecule is CC(=O)OC[C@H]1OC(O[C@H]2CC[C@@]3(C)C(=CCC4C5CCC(/C(C)=C/CCC(C)C)[C@@]5(C)CCC43)C2)C=C[C@@H]1OC(C)=O. The molecule has 0 spiro atoms. The van der Waals surface area contributed by atoms with Crippen LogP contribution >= 0.6 is 0 Å². The van der Waals surface area contributed by atoms with Gasteiger partial charge in [0.15, 0.2) is 6.29 Å². The molecule has 0 aromatic heterocycles. The lowest BCUT2D eigenvalue weighted by atomic mass is 9.47. The minimum Gasteiger partial charge on any atom is -0.463 e. The van der Waals surface area contributed by atoms with E-state index in [2.05, 4.69) is 46.8 Å². The number of hydrogen-bond acceptors (Lipinski definition) is 6. The highest BCUT2D eigenvalue weighted by atomic mass is 16.7. The highest BCUT2D eigenvalue weighted by Gasteiger charge is 2.58. The molecule has 3 saturated carbocycles. The van der Waals surface area contributed by atoms with Gasteiger partial charge in [-0.1, -0.05) is 51.0 Å². The number of fused-ring (bicyclic) bond motifs is 5. The largest absolute Gasteiger partial charge is 0.463 e. The van der Waals surface area contributed by atoms with Crippen LogP contribution in [-0.4, -0.2) is 43.1 Å². The van der Waals surface area contributed by atoms with Gasteiger partial charge in [0.1, 0.15) is 18.8 Å². The molecular weight excluding hydrogens is 540 g/mol. The van der Waals surface area contributed by atoms with E-state index in [9.17, 15) is 9.59 Å². The fourth-order valence-corrected chi connectivity index (χ4v) is 9.80. The van der Waals surface area contributed by atoms with Crippen LogP contribution in [0.25, 0.3) is 0 Å². The Morgan fingerprint density at radius 1 is 1.02 bits per heavy atom. The summed E-state index contributed by atoms with van der Waals surface area (Å²) in [6.45, 7) is 15.0. The normalized spacial score (nSPS) is 40.7. The Morgan fingerprint density at radius 3 is 2.53 bits per heavy atom. The van der Waals surface area contributed by atoms with E-state index < -0.39 is 30.4 Å². The molecule has 0 radical (unpaired) electrons. The van der Waals surface area contributed by atoms with Crippen LogP contribution in [0.5, 0.6) is 0 Å². The smallest absolute Gasteiger partial charge is 0.303 e. The van der Waals surface area contributed by atoms with Crippen LogP contribution < -0.4 is 0 Å². The van der Waals surface area contributed by atoms with E-state index in [1.54, 1.807) is 17.2 Å². The third kappa shape index (κ3) is 6.85. The van der Waals surface area contributed by atoms with Crippen LogP contribution in [0.1, 0.15) is 113 Å². The first-order valence-corrected chi connectivity index (χ1v) is 17.1. The highest BCUT2D eigenvalue weighted by molar-refractivity contribution is 5.66. The monoisotopic (exact) mass is 596 g/mol. The number of carbonyl (C=O) groups is 2. The van der Waals surface area contributed by atoms with Crippen LogP contribution in [0, 0.1) is 40.4 Å². The van der Waals surface area contributed by atoms with Gasteiger partial charge in [0.25, 0.3) is 0 Å². The summed E-state index contributed by atoms with van der Waals surface area (Å²) in [5.74, 6) is 3.11. The molecule has 0 aromatic rings. The van der Waals surface area contributed by atoms with Crippen molar-refractivity contribution in [2.75, 3.05) is 6.61 Å². The maximum absolute atomic E-state index is 11.6. The fourth-order valence-electron chi connectivity index (χ4n) is 9.80. The van der Waals surface area contributed by atoms with E-state index in [0.29, 0.717) is 5.41 Å². The maximum Gasteiger partial charge on any atom is 0.303 e. The zero-order valence-corrected chi connectivity index (χ0v) is 27.7. The predicted octanol–water partition coefficient (Wildman–Crippen LogP) is 8.11. The second kappa shape index (κ2) is 13.2. The second-order valence-electron chi connectivity index (χ2n) is 15.2. The van der Waals surface area contributed by atoms with E-state index in [1.807, 2.05) is 6.08 Å². The van der Waals surface area contributed by atoms with E-state index in [0.717, 1.165) is 48.9 Å². The van der Waals surface area contributed by atoms with Gasteiger partial charge in [-0.3, -0.25) is 9.59 Å². The predicted molar refractivity (Wildman–Crippen MR) is 168 cm³/mol. The van der Waals surface area contributed by atoms with E-state index in [1.165, 1.54) is 58.8 Å². The lowest BCUT2D eigenvalue weighted by molar-refractivity contribution is -0.213. The summed E-state index contributed by atoms with van der Waals surface area (Å²) in [4.78, 5) is 23.0. The van der Waals surface area contributed by atoms with Gasteiger partial charge in [-0.25, -0.2) is 0 Å². The summed E-state index contributed by atoms with van der Waals surface area (Å²) < 4.78 is 23.2. The molecular formula is C37H56O6. The van der Waals surface area contributed by atoms with Crippen molar-refractivity contribution in [3.8, 4) is 0 Å². The van der Waals surface area contributed by atoms with Crippen molar-refractivity contribution in [1.29, 1.82) is 0 Å². The van der Waals surface area contributed by atoms with Crippen molar-refractivity contribution in [2.24, 2.45) is 40.4 Å². The molecule has 0 saturated heterocycles. The maximum atomic E-state index is 11.6. The van der Waals surface area contributed by atoms with E-state index in [4.69, 9.17) is 18.9 Å². The minimum atomic E-state index is -0.601. The lowest BCUT2D eigenvalue weighted by Gasteiger charge is -2.58. The molecule has 0 bridgehead atoms. The molecule has 5 unspecified atom stereocenters. The molecule has 6 nitrogen and oxygen atoms in total. The molecule has 4 aliphatic carbocycles. The van der Waals surface area contributed by atoms with Gasteiger partial charge in [0.05, 0.1) is 6.10 Å². The number of allylic oxidation sites excluding steroid dienone is 3. The Bertz CT molecular complexity index is 1120. The molecule has 1 aliphatic heterocycles. The van der Waals surface area contributed by atoms with Crippen molar-refractivity contribution in [3.63, 3.8) is 0 Å². The molecule has 5 aliphatic rings. The van der Waals surface area contributed by atoms with Crippen LogP contribution in [0.3, 0.4) is 0 Å². The van der Waals surface area contributed by atoms with Crippen molar-refractivity contribution in [2.45, 2.75) is 137 Å². The van der Waals surface area contributed by atoms with Gasteiger partial charge in [-0.2, -0.15) is 0 Å². The molecule has 0 N–H and O–H groups in total. The van der Waals surface area contributed by atoms with Crippen molar-refractivity contribution < 1.29 is 28.5 Å².